The molecule has 1 fully saturated rings. The summed E-state index contributed by atoms with van der Waals surface area (Å²) in [6.07, 6.45) is 1.30. The second-order valence-electron chi connectivity index (χ2n) is 5.83. The van der Waals surface area contributed by atoms with E-state index in [9.17, 15) is 0 Å². The van der Waals surface area contributed by atoms with Crippen molar-refractivity contribution in [2.75, 3.05) is 32.7 Å². The second kappa shape index (κ2) is 5.31. The molecule has 0 unspecified atom stereocenters. The van der Waals surface area contributed by atoms with E-state index in [0.29, 0.717) is 5.54 Å². The van der Waals surface area contributed by atoms with Crippen molar-refractivity contribution in [3.05, 3.63) is 0 Å². The van der Waals surface area contributed by atoms with Crippen LogP contribution in [0.2, 0.25) is 0 Å². The molecule has 1 saturated heterocycles. The molecule has 0 saturated carbocycles. The number of hydrogen-bond acceptors (Lipinski definition) is 2. The van der Waals surface area contributed by atoms with Crippen molar-refractivity contribution in [1.29, 1.82) is 0 Å². The Morgan fingerprint density at radius 3 is 2.00 bits per heavy atom. The molecule has 0 aromatic heterocycles. The van der Waals surface area contributed by atoms with Crippen LogP contribution in [0.25, 0.3) is 0 Å². The van der Waals surface area contributed by atoms with Crippen LogP contribution in [-0.4, -0.2) is 48.1 Å². The van der Waals surface area contributed by atoms with E-state index in [1.165, 1.54) is 39.1 Å². The maximum absolute atomic E-state index is 2.67. The maximum atomic E-state index is 2.67. The molecule has 2 heteroatoms. The van der Waals surface area contributed by atoms with Crippen molar-refractivity contribution in [2.24, 2.45) is 5.92 Å². The number of piperazine rings is 1. The molecule has 0 N–H and O–H groups in total. The summed E-state index contributed by atoms with van der Waals surface area (Å²) in [5, 5.41) is 0. The summed E-state index contributed by atoms with van der Waals surface area (Å²) in [5.74, 6) is 0.796. The Morgan fingerprint density at radius 2 is 1.60 bits per heavy atom. The standard InChI is InChI=1S/C13H28N2/c1-6-14-7-9-15(10-8-14)13(4,5)11-12(2)3/h12H,6-11H2,1-5H3. The molecule has 0 amide bonds. The number of hydrogen-bond donors (Lipinski definition) is 0. The molecule has 0 aliphatic carbocycles. The fraction of sp³-hybridized carbons (Fsp3) is 1.00. The molecule has 1 aliphatic heterocycles. The summed E-state index contributed by atoms with van der Waals surface area (Å²) in [6, 6.07) is 0. The fourth-order valence-electron chi connectivity index (χ4n) is 2.80. The molecule has 0 bridgehead atoms. The highest BCUT2D eigenvalue weighted by Crippen LogP contribution is 2.24. The van der Waals surface area contributed by atoms with E-state index in [2.05, 4.69) is 44.4 Å². The Hall–Kier alpha value is -0.0800. The minimum absolute atomic E-state index is 0.383. The van der Waals surface area contributed by atoms with Crippen molar-refractivity contribution >= 4 is 0 Å². The zero-order chi connectivity index (χ0) is 11.5. The Morgan fingerprint density at radius 1 is 1.07 bits per heavy atom. The van der Waals surface area contributed by atoms with E-state index < -0.39 is 0 Å². The van der Waals surface area contributed by atoms with Gasteiger partial charge in [-0.3, -0.25) is 4.90 Å². The lowest BCUT2D eigenvalue weighted by Gasteiger charge is -2.44. The van der Waals surface area contributed by atoms with Gasteiger partial charge in [-0.15, -0.1) is 0 Å². The lowest BCUT2D eigenvalue weighted by atomic mass is 9.90. The van der Waals surface area contributed by atoms with E-state index in [-0.39, 0.29) is 0 Å². The van der Waals surface area contributed by atoms with Crippen LogP contribution in [0, 0.1) is 5.92 Å². The van der Waals surface area contributed by atoms with Crippen molar-refractivity contribution in [3.63, 3.8) is 0 Å². The fourth-order valence-corrected chi connectivity index (χ4v) is 2.80. The third kappa shape index (κ3) is 3.76. The topological polar surface area (TPSA) is 6.48 Å². The monoisotopic (exact) mass is 212 g/mol. The first-order chi connectivity index (χ1) is 6.95. The van der Waals surface area contributed by atoms with Gasteiger partial charge in [0, 0.05) is 31.7 Å². The van der Waals surface area contributed by atoms with E-state index >= 15 is 0 Å². The van der Waals surface area contributed by atoms with Crippen molar-refractivity contribution in [2.45, 2.75) is 46.6 Å². The number of nitrogens with zero attached hydrogens (tertiary/aromatic N) is 2. The first-order valence-corrected chi connectivity index (χ1v) is 6.43. The van der Waals surface area contributed by atoms with E-state index in [0.717, 1.165) is 5.92 Å². The molecule has 0 atom stereocenters. The van der Waals surface area contributed by atoms with E-state index in [1.54, 1.807) is 0 Å². The molecule has 0 aromatic rings. The predicted molar refractivity (Wildman–Crippen MR) is 67.2 cm³/mol. The zero-order valence-electron chi connectivity index (χ0n) is 11.2. The summed E-state index contributed by atoms with van der Waals surface area (Å²) >= 11 is 0. The molecular weight excluding hydrogens is 184 g/mol. The van der Waals surface area contributed by atoms with Crippen LogP contribution in [0.5, 0.6) is 0 Å². The van der Waals surface area contributed by atoms with Gasteiger partial charge in [-0.25, -0.2) is 0 Å². The van der Waals surface area contributed by atoms with Gasteiger partial charge in [0.1, 0.15) is 0 Å². The number of likely N-dealkylation sites (N-methyl/N-ethyl adjacent to an activating group) is 1. The summed E-state index contributed by atoms with van der Waals surface area (Å²) in [6.45, 7) is 17.9. The Labute approximate surface area is 95.6 Å². The third-order valence-electron chi connectivity index (χ3n) is 3.58. The zero-order valence-corrected chi connectivity index (χ0v) is 11.2. The van der Waals surface area contributed by atoms with Crippen LogP contribution >= 0.6 is 0 Å². The highest BCUT2D eigenvalue weighted by atomic mass is 15.3. The highest BCUT2D eigenvalue weighted by Gasteiger charge is 2.29. The van der Waals surface area contributed by atoms with Crippen molar-refractivity contribution < 1.29 is 0 Å². The van der Waals surface area contributed by atoms with Crippen LogP contribution in [0.3, 0.4) is 0 Å². The smallest absolute Gasteiger partial charge is 0.0156 e. The van der Waals surface area contributed by atoms with E-state index in [4.69, 9.17) is 0 Å². The Balaban J connectivity index is 2.44. The second-order valence-corrected chi connectivity index (χ2v) is 5.83. The van der Waals surface area contributed by atoms with Crippen LogP contribution in [0.15, 0.2) is 0 Å². The molecule has 90 valence electrons. The normalized spacial score (nSPS) is 21.2. The first kappa shape index (κ1) is 13.0. The van der Waals surface area contributed by atoms with Gasteiger partial charge in [-0.2, -0.15) is 0 Å². The quantitative estimate of drug-likeness (QED) is 0.706. The molecular formula is C13H28N2. The molecule has 1 rings (SSSR count). The van der Waals surface area contributed by atoms with Crippen molar-refractivity contribution in [1.82, 2.24) is 9.80 Å². The average Bonchev–Trinajstić information content (AvgIpc) is 2.16. The lowest BCUT2D eigenvalue weighted by Crippen LogP contribution is -2.54. The van der Waals surface area contributed by atoms with Crippen LogP contribution in [0.1, 0.15) is 41.0 Å². The Bertz CT molecular complexity index is 179. The van der Waals surface area contributed by atoms with Gasteiger partial charge in [0.25, 0.3) is 0 Å². The van der Waals surface area contributed by atoms with Gasteiger partial charge in [0.05, 0.1) is 0 Å². The summed E-state index contributed by atoms with van der Waals surface area (Å²) in [5.41, 5.74) is 0.383. The molecule has 0 aromatic carbocycles. The summed E-state index contributed by atoms with van der Waals surface area (Å²) in [7, 11) is 0. The largest absolute Gasteiger partial charge is 0.301 e. The van der Waals surface area contributed by atoms with Gasteiger partial charge in [-0.05, 0) is 32.7 Å². The lowest BCUT2D eigenvalue weighted by molar-refractivity contribution is 0.0422. The average molecular weight is 212 g/mol. The molecule has 2 nitrogen and oxygen atoms in total. The maximum Gasteiger partial charge on any atom is 0.0156 e. The minimum Gasteiger partial charge on any atom is -0.301 e. The third-order valence-corrected chi connectivity index (χ3v) is 3.58. The number of rotatable bonds is 4. The van der Waals surface area contributed by atoms with Gasteiger partial charge in [0.2, 0.25) is 0 Å². The van der Waals surface area contributed by atoms with E-state index in [1.807, 2.05) is 0 Å². The molecule has 1 heterocycles. The van der Waals surface area contributed by atoms with Crippen molar-refractivity contribution in [3.8, 4) is 0 Å². The van der Waals surface area contributed by atoms with Gasteiger partial charge >= 0.3 is 0 Å². The summed E-state index contributed by atoms with van der Waals surface area (Å²) in [4.78, 5) is 5.21. The summed E-state index contributed by atoms with van der Waals surface area (Å²) < 4.78 is 0. The molecule has 0 radical (unpaired) electrons. The van der Waals surface area contributed by atoms with Crippen LogP contribution in [0.4, 0.5) is 0 Å². The van der Waals surface area contributed by atoms with Gasteiger partial charge in [-0.1, -0.05) is 20.8 Å². The Kier molecular flexibility index (Phi) is 4.60. The van der Waals surface area contributed by atoms with Gasteiger partial charge < -0.3 is 4.90 Å². The SMILES string of the molecule is CCN1CCN(C(C)(C)CC(C)C)CC1. The molecule has 0 spiro atoms. The molecule has 1 aliphatic rings. The highest BCUT2D eigenvalue weighted by molar-refractivity contribution is 4.86. The minimum atomic E-state index is 0.383. The van der Waals surface area contributed by atoms with Gasteiger partial charge in [0.15, 0.2) is 0 Å². The first-order valence-electron chi connectivity index (χ1n) is 6.43. The molecule has 15 heavy (non-hydrogen) atoms. The predicted octanol–water partition coefficient (Wildman–Crippen LogP) is 2.45. The van der Waals surface area contributed by atoms with Crippen LogP contribution < -0.4 is 0 Å². The van der Waals surface area contributed by atoms with Crippen LogP contribution in [-0.2, 0) is 0 Å².